The van der Waals surface area contributed by atoms with Gasteiger partial charge < -0.3 is 24.8 Å². The van der Waals surface area contributed by atoms with Gasteiger partial charge in [-0.2, -0.15) is 0 Å². The lowest BCUT2D eigenvalue weighted by Gasteiger charge is -2.65. The number of esters is 1. The van der Waals surface area contributed by atoms with Gasteiger partial charge in [-0.15, -0.1) is 0 Å². The third kappa shape index (κ3) is 3.11. The van der Waals surface area contributed by atoms with Crippen LogP contribution in [0.3, 0.4) is 0 Å². The van der Waals surface area contributed by atoms with E-state index in [1.54, 1.807) is 0 Å². The van der Waals surface area contributed by atoms with Gasteiger partial charge in [-0.25, -0.2) is 0 Å². The van der Waals surface area contributed by atoms with Crippen molar-refractivity contribution in [3.8, 4) is 0 Å². The van der Waals surface area contributed by atoms with Gasteiger partial charge in [-0.3, -0.25) is 4.79 Å². The fourth-order valence-electron chi connectivity index (χ4n) is 6.88. The Bertz CT molecular complexity index is 596. The fraction of sp³-hybridized carbons (Fsp3) is 0.955. The molecule has 2 saturated carbocycles. The van der Waals surface area contributed by atoms with Crippen molar-refractivity contribution in [2.75, 3.05) is 19.8 Å². The molecule has 1 heterocycles. The Morgan fingerprint density at radius 3 is 2.43 bits per heavy atom. The molecule has 0 bridgehead atoms. The summed E-state index contributed by atoms with van der Waals surface area (Å²) in [4.78, 5) is 11.2. The first-order valence-electron chi connectivity index (χ1n) is 10.8. The number of ether oxygens (including phenoxy) is 2. The third-order valence-corrected chi connectivity index (χ3v) is 8.76. The van der Waals surface area contributed by atoms with E-state index in [2.05, 4.69) is 13.8 Å². The second-order valence-corrected chi connectivity index (χ2v) is 10.1. The molecule has 28 heavy (non-hydrogen) atoms. The van der Waals surface area contributed by atoms with Crippen molar-refractivity contribution in [2.24, 2.45) is 22.7 Å². The first kappa shape index (κ1) is 22.0. The third-order valence-electron chi connectivity index (χ3n) is 8.76. The summed E-state index contributed by atoms with van der Waals surface area (Å²) < 4.78 is 12.0. The van der Waals surface area contributed by atoms with Crippen molar-refractivity contribution in [2.45, 2.75) is 89.9 Å². The Labute approximate surface area is 168 Å². The molecule has 7 atom stereocenters. The summed E-state index contributed by atoms with van der Waals surface area (Å²) >= 11 is 0. The first-order chi connectivity index (χ1) is 13.1. The molecule has 0 amide bonds. The summed E-state index contributed by atoms with van der Waals surface area (Å²) in [6.45, 7) is 8.03. The van der Waals surface area contributed by atoms with E-state index < -0.39 is 22.7 Å². The van der Waals surface area contributed by atoms with Crippen LogP contribution in [0, 0.1) is 22.7 Å². The molecule has 0 aromatic carbocycles. The monoisotopic (exact) mass is 398 g/mol. The summed E-state index contributed by atoms with van der Waals surface area (Å²) in [6, 6.07) is 0. The van der Waals surface area contributed by atoms with Crippen LogP contribution < -0.4 is 0 Å². The molecule has 3 fully saturated rings. The molecule has 2 aliphatic carbocycles. The zero-order valence-corrected chi connectivity index (χ0v) is 17.9. The normalized spacial score (nSPS) is 48.5. The summed E-state index contributed by atoms with van der Waals surface area (Å²) in [5, 5.41) is 31.1. The second kappa shape index (κ2) is 7.53. The van der Waals surface area contributed by atoms with Crippen molar-refractivity contribution in [3.63, 3.8) is 0 Å². The van der Waals surface area contributed by atoms with Gasteiger partial charge in [-0.1, -0.05) is 20.8 Å². The minimum absolute atomic E-state index is 0.0313. The summed E-state index contributed by atoms with van der Waals surface area (Å²) in [5.41, 5.74) is -1.81. The fourth-order valence-corrected chi connectivity index (χ4v) is 6.88. The first-order valence-corrected chi connectivity index (χ1v) is 10.8. The highest BCUT2D eigenvalue weighted by atomic mass is 16.6. The van der Waals surface area contributed by atoms with Crippen molar-refractivity contribution >= 4 is 5.97 Å². The maximum absolute atomic E-state index is 11.2. The van der Waals surface area contributed by atoms with Crippen molar-refractivity contribution in [3.05, 3.63) is 0 Å². The van der Waals surface area contributed by atoms with E-state index in [1.165, 1.54) is 6.92 Å². The van der Waals surface area contributed by atoms with Gasteiger partial charge in [-0.05, 0) is 50.4 Å². The molecule has 162 valence electrons. The number of aliphatic hydroxyl groups excluding tert-OH is 3. The number of hydrogen-bond donors (Lipinski definition) is 3. The van der Waals surface area contributed by atoms with Crippen LogP contribution in [-0.2, 0) is 14.3 Å². The van der Waals surface area contributed by atoms with E-state index in [1.807, 2.05) is 6.92 Å². The Morgan fingerprint density at radius 2 is 1.82 bits per heavy atom. The van der Waals surface area contributed by atoms with Crippen molar-refractivity contribution in [1.82, 2.24) is 0 Å². The highest BCUT2D eigenvalue weighted by Crippen LogP contribution is 2.67. The molecule has 3 N–H and O–H groups in total. The van der Waals surface area contributed by atoms with Crippen LogP contribution in [0.1, 0.15) is 72.6 Å². The van der Waals surface area contributed by atoms with Gasteiger partial charge in [0.1, 0.15) is 0 Å². The Hall–Kier alpha value is -0.690. The maximum atomic E-state index is 11.2. The van der Waals surface area contributed by atoms with E-state index in [-0.39, 0.29) is 37.1 Å². The standard InChI is InChI=1S/C22H38O6/c1-15-5-6-17-19(3,13-23)18(26)7-8-20(17,4)22(15)10-9-21(14-24,28-22)11-12-27-16(2)25/h15,17-18,23-24,26H,5-14H2,1-4H3. The molecule has 6 heteroatoms. The van der Waals surface area contributed by atoms with Crippen LogP contribution in [-0.4, -0.2) is 58.4 Å². The van der Waals surface area contributed by atoms with Crippen molar-refractivity contribution in [1.29, 1.82) is 0 Å². The van der Waals surface area contributed by atoms with Gasteiger partial charge in [0.05, 0.1) is 37.1 Å². The molecule has 6 nitrogen and oxygen atoms in total. The van der Waals surface area contributed by atoms with Crippen LogP contribution >= 0.6 is 0 Å². The lowest BCUT2D eigenvalue weighted by Crippen LogP contribution is -2.66. The lowest BCUT2D eigenvalue weighted by atomic mass is 9.43. The number of rotatable bonds is 5. The number of carbonyl (C=O) groups excluding carboxylic acids is 1. The Balaban J connectivity index is 1.92. The predicted octanol–water partition coefficient (Wildman–Crippen LogP) is 2.43. The highest BCUT2D eigenvalue weighted by molar-refractivity contribution is 5.65. The minimum atomic E-state index is -0.694. The molecule has 0 aromatic heterocycles. The SMILES string of the molecule is CC(=O)OCCC1(CO)CCC2(O1)C(C)CCC1C(C)(CO)C(O)CCC12C. The molecule has 1 saturated heterocycles. The smallest absolute Gasteiger partial charge is 0.302 e. The quantitative estimate of drug-likeness (QED) is 0.616. The summed E-state index contributed by atoms with van der Waals surface area (Å²) in [5.74, 6) is 0.167. The molecule has 1 aliphatic heterocycles. The average molecular weight is 399 g/mol. The van der Waals surface area contributed by atoms with Crippen LogP contribution in [0.25, 0.3) is 0 Å². The van der Waals surface area contributed by atoms with E-state index in [0.717, 1.165) is 32.1 Å². The largest absolute Gasteiger partial charge is 0.466 e. The molecule has 3 rings (SSSR count). The van der Waals surface area contributed by atoms with Gasteiger partial charge in [0, 0.05) is 24.2 Å². The van der Waals surface area contributed by atoms with Crippen LogP contribution in [0.4, 0.5) is 0 Å². The van der Waals surface area contributed by atoms with Gasteiger partial charge in [0.2, 0.25) is 0 Å². The molecular formula is C22H38O6. The van der Waals surface area contributed by atoms with E-state index >= 15 is 0 Å². The second-order valence-electron chi connectivity index (χ2n) is 10.1. The Morgan fingerprint density at radius 1 is 1.11 bits per heavy atom. The summed E-state index contributed by atoms with van der Waals surface area (Å²) in [7, 11) is 0. The number of carbonyl (C=O) groups is 1. The molecule has 1 spiro atoms. The van der Waals surface area contributed by atoms with Crippen LogP contribution in [0.15, 0.2) is 0 Å². The van der Waals surface area contributed by atoms with E-state index in [4.69, 9.17) is 9.47 Å². The molecule has 0 radical (unpaired) electrons. The zero-order chi connectivity index (χ0) is 20.8. The van der Waals surface area contributed by atoms with Gasteiger partial charge in [0.15, 0.2) is 0 Å². The predicted molar refractivity (Wildman–Crippen MR) is 105 cm³/mol. The molecule has 3 aliphatic rings. The molecule has 7 unspecified atom stereocenters. The number of hydrogen-bond acceptors (Lipinski definition) is 6. The minimum Gasteiger partial charge on any atom is -0.466 e. The van der Waals surface area contributed by atoms with Crippen LogP contribution in [0.5, 0.6) is 0 Å². The highest BCUT2D eigenvalue weighted by Gasteiger charge is 2.68. The average Bonchev–Trinajstić information content (AvgIpc) is 3.05. The van der Waals surface area contributed by atoms with Crippen molar-refractivity contribution < 1.29 is 29.6 Å². The lowest BCUT2D eigenvalue weighted by molar-refractivity contribution is -0.272. The topological polar surface area (TPSA) is 96.2 Å². The van der Waals surface area contributed by atoms with E-state index in [0.29, 0.717) is 18.8 Å². The number of aliphatic hydroxyl groups is 3. The van der Waals surface area contributed by atoms with Gasteiger partial charge >= 0.3 is 5.97 Å². The van der Waals surface area contributed by atoms with E-state index in [9.17, 15) is 20.1 Å². The van der Waals surface area contributed by atoms with Crippen LogP contribution in [0.2, 0.25) is 0 Å². The summed E-state index contributed by atoms with van der Waals surface area (Å²) in [6.07, 6.45) is 5.01. The molecule has 0 aromatic rings. The Kier molecular flexibility index (Phi) is 5.92. The molecular weight excluding hydrogens is 360 g/mol. The number of fused-ring (bicyclic) bond motifs is 2. The maximum Gasteiger partial charge on any atom is 0.302 e. The van der Waals surface area contributed by atoms with Gasteiger partial charge in [0.25, 0.3) is 0 Å². The zero-order valence-electron chi connectivity index (χ0n) is 17.9.